The van der Waals surface area contributed by atoms with Gasteiger partial charge < -0.3 is 0 Å². The third kappa shape index (κ3) is 2.89. The largest absolute Gasteiger partial charge is 0.265 e. The highest BCUT2D eigenvalue weighted by atomic mass is 14.7. The van der Waals surface area contributed by atoms with Crippen molar-refractivity contribution in [1.82, 2.24) is 9.97 Å². The van der Waals surface area contributed by atoms with Gasteiger partial charge in [0.2, 0.25) is 0 Å². The molecule has 0 radical (unpaired) electrons. The summed E-state index contributed by atoms with van der Waals surface area (Å²) in [6, 6.07) is 37.0. The first-order valence-corrected chi connectivity index (χ1v) is 11.5. The number of aromatic nitrogens is 2. The maximum Gasteiger partial charge on any atom is 0.0708 e. The van der Waals surface area contributed by atoms with Gasteiger partial charge >= 0.3 is 0 Å². The molecule has 2 heteroatoms. The fourth-order valence-corrected chi connectivity index (χ4v) is 5.21. The average Bonchev–Trinajstić information content (AvgIpc) is 2.92. The molecule has 0 aliphatic heterocycles. The van der Waals surface area contributed by atoms with Crippen LogP contribution in [-0.4, -0.2) is 9.97 Å². The fourth-order valence-electron chi connectivity index (χ4n) is 5.21. The van der Waals surface area contributed by atoms with Crippen LogP contribution in [0, 0.1) is 0 Å². The summed E-state index contributed by atoms with van der Waals surface area (Å²) in [5, 5.41) is 7.68. The highest BCUT2D eigenvalue weighted by molar-refractivity contribution is 6.27. The number of pyridine rings is 2. The van der Waals surface area contributed by atoms with E-state index < -0.39 is 0 Å². The molecule has 0 saturated heterocycles. The highest BCUT2D eigenvalue weighted by Gasteiger charge is 2.15. The van der Waals surface area contributed by atoms with Crippen LogP contribution < -0.4 is 0 Å². The van der Waals surface area contributed by atoms with Crippen molar-refractivity contribution in [2.45, 2.75) is 0 Å². The molecule has 2 nitrogen and oxygen atoms in total. The Labute approximate surface area is 197 Å². The van der Waals surface area contributed by atoms with Gasteiger partial charge in [-0.1, -0.05) is 72.8 Å². The summed E-state index contributed by atoms with van der Waals surface area (Å²) < 4.78 is 0. The molecule has 0 aliphatic rings. The molecule has 5 aromatic carbocycles. The van der Waals surface area contributed by atoms with Crippen molar-refractivity contribution in [1.29, 1.82) is 0 Å². The molecule has 0 bridgehead atoms. The van der Waals surface area contributed by atoms with E-state index in [-0.39, 0.29) is 0 Å². The predicted octanol–water partition coefficient (Wildman–Crippen LogP) is 8.38. The van der Waals surface area contributed by atoms with Crippen molar-refractivity contribution in [2.24, 2.45) is 0 Å². The van der Waals surface area contributed by atoms with Crippen molar-refractivity contribution >= 4 is 32.3 Å². The smallest absolute Gasteiger partial charge is 0.0708 e. The maximum atomic E-state index is 4.63. The van der Waals surface area contributed by atoms with E-state index in [1.807, 2.05) is 30.7 Å². The molecule has 0 saturated carbocycles. The normalized spacial score (nSPS) is 11.5. The van der Waals surface area contributed by atoms with Gasteiger partial charge in [0.05, 0.1) is 5.69 Å². The lowest BCUT2D eigenvalue weighted by Crippen LogP contribution is -1.90. The van der Waals surface area contributed by atoms with Gasteiger partial charge in [-0.25, -0.2) is 0 Å². The van der Waals surface area contributed by atoms with Gasteiger partial charge in [0, 0.05) is 24.2 Å². The summed E-state index contributed by atoms with van der Waals surface area (Å²) in [5.74, 6) is 0. The third-order valence-corrected chi connectivity index (χ3v) is 6.79. The molecule has 0 N–H and O–H groups in total. The molecular formula is C32H20N2. The first-order chi connectivity index (χ1) is 16.9. The zero-order valence-electron chi connectivity index (χ0n) is 18.4. The lowest BCUT2D eigenvalue weighted by molar-refractivity contribution is 1.33. The Morgan fingerprint density at radius 2 is 1.12 bits per heavy atom. The fraction of sp³-hybridized carbons (Fsp3) is 0. The summed E-state index contributed by atoms with van der Waals surface area (Å²) in [4.78, 5) is 8.79. The van der Waals surface area contributed by atoms with Gasteiger partial charge in [0.25, 0.3) is 0 Å². The Hall–Kier alpha value is -4.56. The van der Waals surface area contributed by atoms with E-state index >= 15 is 0 Å². The minimum absolute atomic E-state index is 1.01. The second kappa shape index (κ2) is 7.50. The lowest BCUT2D eigenvalue weighted by atomic mass is 9.87. The minimum Gasteiger partial charge on any atom is -0.265 e. The van der Waals surface area contributed by atoms with Crippen LogP contribution in [0.25, 0.3) is 65.8 Å². The van der Waals surface area contributed by atoms with Crippen LogP contribution in [0.15, 0.2) is 122 Å². The second-order valence-electron chi connectivity index (χ2n) is 8.68. The molecule has 0 atom stereocenters. The van der Waals surface area contributed by atoms with Gasteiger partial charge in [-0.2, -0.15) is 0 Å². The molecule has 0 amide bonds. The van der Waals surface area contributed by atoms with Crippen LogP contribution in [0.1, 0.15) is 0 Å². The summed E-state index contributed by atoms with van der Waals surface area (Å²) >= 11 is 0. The Morgan fingerprint density at radius 1 is 0.441 bits per heavy atom. The van der Waals surface area contributed by atoms with Crippen LogP contribution >= 0.6 is 0 Å². The first-order valence-electron chi connectivity index (χ1n) is 11.5. The summed E-state index contributed by atoms with van der Waals surface area (Å²) in [7, 11) is 0. The van der Waals surface area contributed by atoms with Gasteiger partial charge in [-0.3, -0.25) is 9.97 Å². The monoisotopic (exact) mass is 432 g/mol. The average molecular weight is 433 g/mol. The van der Waals surface area contributed by atoms with Gasteiger partial charge in [-0.15, -0.1) is 0 Å². The topological polar surface area (TPSA) is 25.8 Å². The number of hydrogen-bond donors (Lipinski definition) is 0. The SMILES string of the molecule is c1ccc(-c2ccc3ccc4c(-c5cccc(-c6ccncc6)c5)ccc5ccc2c3c54)nc1. The van der Waals surface area contributed by atoms with Crippen LogP contribution in [0.5, 0.6) is 0 Å². The summed E-state index contributed by atoms with van der Waals surface area (Å²) in [6.45, 7) is 0. The number of rotatable bonds is 3. The Bertz CT molecular complexity index is 1790. The first kappa shape index (κ1) is 19.0. The van der Waals surface area contributed by atoms with Gasteiger partial charge in [0.15, 0.2) is 0 Å². The highest BCUT2D eigenvalue weighted by Crippen LogP contribution is 2.42. The lowest BCUT2D eigenvalue weighted by Gasteiger charge is -2.16. The van der Waals surface area contributed by atoms with E-state index in [1.165, 1.54) is 60.1 Å². The van der Waals surface area contributed by atoms with Crippen LogP contribution in [-0.2, 0) is 0 Å². The molecule has 158 valence electrons. The summed E-state index contributed by atoms with van der Waals surface area (Å²) in [5.41, 5.74) is 7.02. The molecule has 0 unspecified atom stereocenters. The van der Waals surface area contributed by atoms with E-state index in [0.29, 0.717) is 0 Å². The summed E-state index contributed by atoms with van der Waals surface area (Å²) in [6.07, 6.45) is 5.55. The molecule has 34 heavy (non-hydrogen) atoms. The number of hydrogen-bond acceptors (Lipinski definition) is 2. The van der Waals surface area contributed by atoms with Crippen LogP contribution in [0.2, 0.25) is 0 Å². The van der Waals surface area contributed by atoms with Crippen molar-refractivity contribution in [3.05, 3.63) is 122 Å². The van der Waals surface area contributed by atoms with E-state index in [2.05, 4.69) is 101 Å². The molecule has 0 aliphatic carbocycles. The van der Waals surface area contributed by atoms with E-state index in [9.17, 15) is 0 Å². The molecule has 7 rings (SSSR count). The zero-order chi connectivity index (χ0) is 22.5. The standard InChI is InChI=1S/C32H20N2/c1-2-17-34-30(6-1)27-12-8-23-9-13-28-26(11-7-22-10-14-29(27)32(23)31(22)28)25-5-3-4-24(20-25)21-15-18-33-19-16-21/h1-20H. The van der Waals surface area contributed by atoms with E-state index in [0.717, 1.165) is 5.69 Å². The van der Waals surface area contributed by atoms with E-state index in [1.54, 1.807) is 0 Å². The van der Waals surface area contributed by atoms with Crippen molar-refractivity contribution < 1.29 is 0 Å². The second-order valence-corrected chi connectivity index (χ2v) is 8.68. The van der Waals surface area contributed by atoms with Gasteiger partial charge in [-0.05, 0) is 84.9 Å². The van der Waals surface area contributed by atoms with Crippen molar-refractivity contribution in [3.63, 3.8) is 0 Å². The van der Waals surface area contributed by atoms with Crippen molar-refractivity contribution in [3.8, 4) is 33.5 Å². The molecular weight excluding hydrogens is 412 g/mol. The number of nitrogens with zero attached hydrogens (tertiary/aromatic N) is 2. The molecule has 2 aromatic heterocycles. The Balaban J connectivity index is 1.51. The Morgan fingerprint density at radius 3 is 1.85 bits per heavy atom. The van der Waals surface area contributed by atoms with Gasteiger partial charge in [0.1, 0.15) is 0 Å². The quantitative estimate of drug-likeness (QED) is 0.262. The van der Waals surface area contributed by atoms with Crippen molar-refractivity contribution in [2.75, 3.05) is 0 Å². The molecule has 7 aromatic rings. The molecule has 2 heterocycles. The third-order valence-electron chi connectivity index (χ3n) is 6.79. The molecule has 0 spiro atoms. The zero-order valence-corrected chi connectivity index (χ0v) is 18.4. The van der Waals surface area contributed by atoms with Crippen LogP contribution in [0.3, 0.4) is 0 Å². The minimum atomic E-state index is 1.01. The molecule has 0 fully saturated rings. The maximum absolute atomic E-state index is 4.63. The predicted molar refractivity (Wildman–Crippen MR) is 142 cm³/mol. The van der Waals surface area contributed by atoms with Crippen LogP contribution in [0.4, 0.5) is 0 Å². The number of benzene rings is 5. The van der Waals surface area contributed by atoms with E-state index in [4.69, 9.17) is 0 Å². The Kier molecular flexibility index (Phi) is 4.18.